The predicted molar refractivity (Wildman–Crippen MR) is 45.1 cm³/mol. The molecule has 4 N–H and O–H groups in total. The lowest BCUT2D eigenvalue weighted by molar-refractivity contribution is -0.148. The third-order valence-corrected chi connectivity index (χ3v) is 1.44. The molecule has 0 spiro atoms. The summed E-state index contributed by atoms with van der Waals surface area (Å²) in [6.45, 7) is 1.43. The SMILES string of the molecule is COC(CNC(=O)C(C)N)C(=O)O. The Morgan fingerprint density at radius 3 is 2.46 bits per heavy atom. The third-order valence-electron chi connectivity index (χ3n) is 1.44. The molecule has 0 saturated heterocycles. The molecular weight excluding hydrogens is 176 g/mol. The summed E-state index contributed by atoms with van der Waals surface area (Å²) in [6.07, 6.45) is -1.03. The molecule has 0 aliphatic heterocycles. The van der Waals surface area contributed by atoms with Crippen LogP contribution >= 0.6 is 0 Å². The van der Waals surface area contributed by atoms with Gasteiger partial charge in [0, 0.05) is 7.11 Å². The van der Waals surface area contributed by atoms with Crippen LogP contribution in [0.1, 0.15) is 6.92 Å². The van der Waals surface area contributed by atoms with Gasteiger partial charge in [-0.3, -0.25) is 4.79 Å². The molecule has 76 valence electrons. The average molecular weight is 190 g/mol. The van der Waals surface area contributed by atoms with Crippen molar-refractivity contribution in [3.05, 3.63) is 0 Å². The second-order valence-corrected chi connectivity index (χ2v) is 2.60. The molecule has 0 aromatic heterocycles. The van der Waals surface area contributed by atoms with E-state index in [0.717, 1.165) is 0 Å². The van der Waals surface area contributed by atoms with Crippen molar-refractivity contribution < 1.29 is 19.4 Å². The second-order valence-electron chi connectivity index (χ2n) is 2.60. The first kappa shape index (κ1) is 11.9. The van der Waals surface area contributed by atoms with Gasteiger partial charge in [0.15, 0.2) is 6.10 Å². The standard InChI is InChI=1S/C7H14N2O4/c1-4(8)6(10)9-3-5(13-2)7(11)12/h4-5H,3,8H2,1-2H3,(H,9,10)(H,11,12). The van der Waals surface area contributed by atoms with Crippen LogP contribution in [0.4, 0.5) is 0 Å². The summed E-state index contributed by atoms with van der Waals surface area (Å²) in [5.74, 6) is -1.52. The molecular formula is C7H14N2O4. The summed E-state index contributed by atoms with van der Waals surface area (Å²) in [5.41, 5.74) is 5.24. The Bertz CT molecular complexity index is 193. The smallest absolute Gasteiger partial charge is 0.334 e. The van der Waals surface area contributed by atoms with Gasteiger partial charge in [0.2, 0.25) is 5.91 Å². The molecule has 0 radical (unpaired) electrons. The molecule has 0 rings (SSSR count). The van der Waals surface area contributed by atoms with Gasteiger partial charge in [-0.1, -0.05) is 0 Å². The summed E-state index contributed by atoms with van der Waals surface area (Å²) in [5, 5.41) is 10.9. The van der Waals surface area contributed by atoms with Gasteiger partial charge >= 0.3 is 5.97 Å². The van der Waals surface area contributed by atoms with E-state index in [9.17, 15) is 9.59 Å². The molecule has 6 nitrogen and oxygen atoms in total. The van der Waals surface area contributed by atoms with E-state index < -0.39 is 24.0 Å². The van der Waals surface area contributed by atoms with Gasteiger partial charge in [-0.15, -0.1) is 0 Å². The summed E-state index contributed by atoms with van der Waals surface area (Å²) < 4.78 is 4.59. The number of carboxylic acid groups (broad SMARTS) is 1. The van der Waals surface area contributed by atoms with Crippen molar-refractivity contribution in [2.75, 3.05) is 13.7 Å². The lowest BCUT2D eigenvalue weighted by Crippen LogP contribution is -2.44. The maximum absolute atomic E-state index is 10.9. The molecule has 0 aliphatic rings. The number of hydrogen-bond acceptors (Lipinski definition) is 4. The molecule has 0 aromatic rings. The van der Waals surface area contributed by atoms with E-state index in [2.05, 4.69) is 10.1 Å². The average Bonchev–Trinajstić information content (AvgIpc) is 2.04. The fourth-order valence-electron chi connectivity index (χ4n) is 0.626. The number of ether oxygens (including phenoxy) is 1. The maximum atomic E-state index is 10.9. The first-order chi connectivity index (χ1) is 5.99. The van der Waals surface area contributed by atoms with Gasteiger partial charge < -0.3 is 20.9 Å². The van der Waals surface area contributed by atoms with Crippen molar-refractivity contribution in [1.29, 1.82) is 0 Å². The molecule has 0 heterocycles. The Morgan fingerprint density at radius 2 is 2.15 bits per heavy atom. The van der Waals surface area contributed by atoms with Gasteiger partial charge in [-0.05, 0) is 6.92 Å². The van der Waals surface area contributed by atoms with E-state index in [1.807, 2.05) is 0 Å². The van der Waals surface area contributed by atoms with Crippen LogP contribution < -0.4 is 11.1 Å². The minimum absolute atomic E-state index is 0.0772. The van der Waals surface area contributed by atoms with Gasteiger partial charge in [0.1, 0.15) is 0 Å². The van der Waals surface area contributed by atoms with Crippen LogP contribution in [0.25, 0.3) is 0 Å². The van der Waals surface area contributed by atoms with Crippen molar-refractivity contribution in [3.63, 3.8) is 0 Å². The van der Waals surface area contributed by atoms with Crippen LogP contribution in [-0.4, -0.2) is 42.8 Å². The Balaban J connectivity index is 3.85. The van der Waals surface area contributed by atoms with Crippen LogP contribution in [-0.2, 0) is 14.3 Å². The van der Waals surface area contributed by atoms with Gasteiger partial charge in [-0.25, -0.2) is 4.79 Å². The van der Waals surface area contributed by atoms with Gasteiger partial charge in [0.05, 0.1) is 12.6 Å². The summed E-state index contributed by atoms with van der Waals surface area (Å²) in [7, 11) is 1.26. The van der Waals surface area contributed by atoms with Crippen LogP contribution in [0, 0.1) is 0 Å². The highest BCUT2D eigenvalue weighted by Crippen LogP contribution is 1.88. The number of carbonyl (C=O) groups is 2. The molecule has 2 atom stereocenters. The third kappa shape index (κ3) is 4.44. The highest BCUT2D eigenvalue weighted by molar-refractivity contribution is 5.82. The Kier molecular flexibility index (Phi) is 5.01. The largest absolute Gasteiger partial charge is 0.479 e. The molecule has 0 aromatic carbocycles. The van der Waals surface area contributed by atoms with Gasteiger partial charge in [-0.2, -0.15) is 0 Å². The number of nitrogens with one attached hydrogen (secondary N) is 1. The Hall–Kier alpha value is -1.14. The van der Waals surface area contributed by atoms with E-state index in [1.54, 1.807) is 0 Å². The van der Waals surface area contributed by atoms with Crippen molar-refractivity contribution in [3.8, 4) is 0 Å². The van der Waals surface area contributed by atoms with E-state index in [4.69, 9.17) is 10.8 Å². The van der Waals surface area contributed by atoms with Crippen LogP contribution in [0.5, 0.6) is 0 Å². The Morgan fingerprint density at radius 1 is 1.62 bits per heavy atom. The number of amides is 1. The number of rotatable bonds is 5. The number of hydrogen-bond donors (Lipinski definition) is 3. The zero-order valence-electron chi connectivity index (χ0n) is 7.61. The molecule has 0 aliphatic carbocycles. The van der Waals surface area contributed by atoms with Crippen molar-refractivity contribution >= 4 is 11.9 Å². The van der Waals surface area contributed by atoms with E-state index >= 15 is 0 Å². The topological polar surface area (TPSA) is 102 Å². The number of aliphatic carboxylic acids is 1. The molecule has 13 heavy (non-hydrogen) atoms. The first-order valence-corrected chi connectivity index (χ1v) is 3.78. The van der Waals surface area contributed by atoms with E-state index in [1.165, 1.54) is 14.0 Å². The molecule has 0 saturated carbocycles. The monoisotopic (exact) mass is 190 g/mol. The quantitative estimate of drug-likeness (QED) is 0.492. The lowest BCUT2D eigenvalue weighted by Gasteiger charge is -2.12. The molecule has 6 heteroatoms. The van der Waals surface area contributed by atoms with Crippen molar-refractivity contribution in [2.45, 2.75) is 19.1 Å². The molecule has 0 bridgehead atoms. The van der Waals surface area contributed by atoms with Crippen molar-refractivity contribution in [2.24, 2.45) is 5.73 Å². The van der Waals surface area contributed by atoms with Crippen LogP contribution in [0.2, 0.25) is 0 Å². The fraction of sp³-hybridized carbons (Fsp3) is 0.714. The number of methoxy groups -OCH3 is 1. The van der Waals surface area contributed by atoms with Crippen molar-refractivity contribution in [1.82, 2.24) is 5.32 Å². The first-order valence-electron chi connectivity index (χ1n) is 3.78. The zero-order valence-corrected chi connectivity index (χ0v) is 7.61. The van der Waals surface area contributed by atoms with Gasteiger partial charge in [0.25, 0.3) is 0 Å². The maximum Gasteiger partial charge on any atom is 0.334 e. The number of carbonyl (C=O) groups excluding carboxylic acids is 1. The van der Waals surface area contributed by atoms with E-state index in [0.29, 0.717) is 0 Å². The fourth-order valence-corrected chi connectivity index (χ4v) is 0.626. The predicted octanol–water partition coefficient (Wildman–Crippen LogP) is -1.45. The highest BCUT2D eigenvalue weighted by Gasteiger charge is 2.17. The van der Waals surface area contributed by atoms with Crippen LogP contribution in [0.15, 0.2) is 0 Å². The molecule has 0 fully saturated rings. The second kappa shape index (κ2) is 5.50. The highest BCUT2D eigenvalue weighted by atomic mass is 16.5. The molecule has 2 unspecified atom stereocenters. The minimum Gasteiger partial charge on any atom is -0.479 e. The number of carboxylic acids is 1. The minimum atomic E-state index is -1.12. The van der Waals surface area contributed by atoms with Crippen LogP contribution in [0.3, 0.4) is 0 Å². The normalized spacial score (nSPS) is 14.7. The van der Waals surface area contributed by atoms with E-state index in [-0.39, 0.29) is 6.54 Å². The zero-order chi connectivity index (χ0) is 10.4. The summed E-state index contributed by atoms with van der Waals surface area (Å²) in [4.78, 5) is 21.3. The summed E-state index contributed by atoms with van der Waals surface area (Å²) >= 11 is 0. The number of nitrogens with two attached hydrogens (primary N) is 1. The molecule has 1 amide bonds. The summed E-state index contributed by atoms with van der Waals surface area (Å²) in [6, 6.07) is -0.647. The Labute approximate surface area is 76.0 Å². The lowest BCUT2D eigenvalue weighted by atomic mass is 10.3.